The molecule has 0 aliphatic heterocycles. The van der Waals surface area contributed by atoms with Crippen molar-refractivity contribution in [3.63, 3.8) is 0 Å². The van der Waals surface area contributed by atoms with E-state index in [4.69, 9.17) is 15.9 Å². The molecule has 15 heavy (non-hydrogen) atoms. The lowest BCUT2D eigenvalue weighted by Crippen LogP contribution is -2.15. The van der Waals surface area contributed by atoms with Crippen LogP contribution in [-0.4, -0.2) is 22.6 Å². The minimum Gasteiger partial charge on any atom is -0.476 e. The zero-order valence-corrected chi connectivity index (χ0v) is 8.44. The first-order chi connectivity index (χ1) is 7.27. The van der Waals surface area contributed by atoms with Crippen LogP contribution in [0.1, 0.15) is 24.8 Å². The van der Waals surface area contributed by atoms with Crippen molar-refractivity contribution in [1.82, 2.24) is 10.2 Å². The van der Waals surface area contributed by atoms with E-state index in [0.717, 1.165) is 12.3 Å². The molecular formula is C10H14N4O. The molecule has 0 amide bonds. The topological polar surface area (TPSA) is 84.9 Å². The van der Waals surface area contributed by atoms with E-state index in [-0.39, 0.29) is 5.84 Å². The molecule has 1 saturated carbocycles. The Kier molecular flexibility index (Phi) is 2.80. The van der Waals surface area contributed by atoms with E-state index in [1.54, 1.807) is 6.07 Å². The van der Waals surface area contributed by atoms with Crippen molar-refractivity contribution >= 4 is 5.84 Å². The standard InChI is InChI=1S/C10H14N4O/c11-9(12)8-3-5-13-14-10(8)15-6-4-7-1-2-7/h3,5,7H,1-2,4,6H2,(H3,11,12). The van der Waals surface area contributed by atoms with Gasteiger partial charge >= 0.3 is 0 Å². The molecule has 1 aliphatic rings. The molecule has 80 valence electrons. The highest BCUT2D eigenvalue weighted by Gasteiger charge is 2.21. The fourth-order valence-electron chi connectivity index (χ4n) is 1.36. The van der Waals surface area contributed by atoms with Crippen LogP contribution < -0.4 is 10.5 Å². The second-order valence-electron chi connectivity index (χ2n) is 3.74. The molecule has 0 spiro atoms. The summed E-state index contributed by atoms with van der Waals surface area (Å²) in [5, 5.41) is 14.9. The number of nitrogens with two attached hydrogens (primary N) is 1. The van der Waals surface area contributed by atoms with Crippen molar-refractivity contribution in [1.29, 1.82) is 5.41 Å². The SMILES string of the molecule is N=C(N)c1ccnnc1OCCC1CC1. The first-order valence-electron chi connectivity index (χ1n) is 5.06. The Morgan fingerprint density at radius 2 is 2.40 bits per heavy atom. The van der Waals surface area contributed by atoms with Gasteiger partial charge in [-0.15, -0.1) is 5.10 Å². The molecule has 0 bridgehead atoms. The lowest BCUT2D eigenvalue weighted by molar-refractivity contribution is 0.287. The lowest BCUT2D eigenvalue weighted by Gasteiger charge is -2.07. The van der Waals surface area contributed by atoms with E-state index in [0.29, 0.717) is 18.1 Å². The fraction of sp³-hybridized carbons (Fsp3) is 0.500. The Hall–Kier alpha value is -1.65. The van der Waals surface area contributed by atoms with Gasteiger partial charge in [-0.1, -0.05) is 12.8 Å². The molecule has 0 radical (unpaired) electrons. The van der Waals surface area contributed by atoms with E-state index in [1.807, 2.05) is 0 Å². The highest BCUT2D eigenvalue weighted by Crippen LogP contribution is 2.32. The minimum atomic E-state index is -0.0358. The summed E-state index contributed by atoms with van der Waals surface area (Å²) >= 11 is 0. The number of rotatable bonds is 5. The van der Waals surface area contributed by atoms with Crippen molar-refractivity contribution < 1.29 is 4.74 Å². The Bertz CT molecular complexity index is 362. The van der Waals surface area contributed by atoms with Crippen molar-refractivity contribution in [2.45, 2.75) is 19.3 Å². The molecule has 0 unspecified atom stereocenters. The van der Waals surface area contributed by atoms with E-state index in [9.17, 15) is 0 Å². The third-order valence-electron chi connectivity index (χ3n) is 2.44. The second kappa shape index (κ2) is 4.25. The maximum Gasteiger partial charge on any atom is 0.244 e. The molecule has 0 atom stereocenters. The molecule has 1 heterocycles. The van der Waals surface area contributed by atoms with Crippen LogP contribution in [0.25, 0.3) is 0 Å². The molecule has 3 N–H and O–H groups in total. The zero-order valence-electron chi connectivity index (χ0n) is 8.44. The molecule has 1 aromatic heterocycles. The summed E-state index contributed by atoms with van der Waals surface area (Å²) in [4.78, 5) is 0. The summed E-state index contributed by atoms with van der Waals surface area (Å²) in [6, 6.07) is 1.64. The maximum absolute atomic E-state index is 7.34. The monoisotopic (exact) mass is 206 g/mol. The number of aromatic nitrogens is 2. The number of hydrogen-bond acceptors (Lipinski definition) is 4. The predicted octanol–water partition coefficient (Wildman–Crippen LogP) is 0.940. The van der Waals surface area contributed by atoms with Gasteiger partial charge in [-0.05, 0) is 18.4 Å². The summed E-state index contributed by atoms with van der Waals surface area (Å²) < 4.78 is 5.45. The van der Waals surface area contributed by atoms with Crippen LogP contribution in [-0.2, 0) is 0 Å². The molecule has 1 aliphatic carbocycles. The summed E-state index contributed by atoms with van der Waals surface area (Å²) in [5.74, 6) is 1.15. The van der Waals surface area contributed by atoms with Crippen LogP contribution in [0.2, 0.25) is 0 Å². The predicted molar refractivity (Wildman–Crippen MR) is 55.9 cm³/mol. The summed E-state index contributed by atoms with van der Waals surface area (Å²) in [6.07, 6.45) is 5.17. The van der Waals surface area contributed by atoms with Crippen molar-refractivity contribution in [2.24, 2.45) is 11.7 Å². The first-order valence-corrected chi connectivity index (χ1v) is 5.06. The first kappa shape index (κ1) is 9.89. The average Bonchev–Trinajstić information content (AvgIpc) is 3.02. The van der Waals surface area contributed by atoms with Crippen LogP contribution in [0.5, 0.6) is 5.88 Å². The quantitative estimate of drug-likeness (QED) is 0.554. The average molecular weight is 206 g/mol. The maximum atomic E-state index is 7.34. The van der Waals surface area contributed by atoms with Crippen molar-refractivity contribution in [2.75, 3.05) is 6.61 Å². The number of hydrogen-bond donors (Lipinski definition) is 2. The Morgan fingerprint density at radius 1 is 1.60 bits per heavy atom. The summed E-state index contributed by atoms with van der Waals surface area (Å²) in [7, 11) is 0. The number of amidine groups is 1. The molecule has 5 nitrogen and oxygen atoms in total. The van der Waals surface area contributed by atoms with Crippen molar-refractivity contribution in [3.8, 4) is 5.88 Å². The van der Waals surface area contributed by atoms with Crippen LogP contribution in [0.3, 0.4) is 0 Å². The molecule has 2 rings (SSSR count). The summed E-state index contributed by atoms with van der Waals surface area (Å²) in [5.41, 5.74) is 5.91. The fourth-order valence-corrected chi connectivity index (χ4v) is 1.36. The highest BCUT2D eigenvalue weighted by atomic mass is 16.5. The van der Waals surface area contributed by atoms with Crippen LogP contribution in [0.4, 0.5) is 0 Å². The molecule has 0 aromatic carbocycles. The number of nitrogen functional groups attached to an aromatic ring is 1. The van der Waals surface area contributed by atoms with Gasteiger partial charge in [-0.25, -0.2) is 0 Å². The largest absolute Gasteiger partial charge is 0.476 e. The Balaban J connectivity index is 1.95. The van der Waals surface area contributed by atoms with E-state index >= 15 is 0 Å². The number of nitrogens with one attached hydrogen (secondary N) is 1. The second-order valence-corrected chi connectivity index (χ2v) is 3.74. The van der Waals surface area contributed by atoms with Crippen LogP contribution in [0, 0.1) is 11.3 Å². The van der Waals surface area contributed by atoms with Crippen LogP contribution in [0.15, 0.2) is 12.3 Å². The molecular weight excluding hydrogens is 192 g/mol. The third kappa shape index (κ3) is 2.65. The highest BCUT2D eigenvalue weighted by molar-refractivity contribution is 5.96. The van der Waals surface area contributed by atoms with Gasteiger partial charge in [-0.3, -0.25) is 5.41 Å². The van der Waals surface area contributed by atoms with E-state index < -0.39 is 0 Å². The third-order valence-corrected chi connectivity index (χ3v) is 2.44. The van der Waals surface area contributed by atoms with Gasteiger partial charge in [0.15, 0.2) is 0 Å². The molecule has 1 aromatic rings. The van der Waals surface area contributed by atoms with Gasteiger partial charge < -0.3 is 10.5 Å². The summed E-state index contributed by atoms with van der Waals surface area (Å²) in [6.45, 7) is 0.629. The van der Waals surface area contributed by atoms with Crippen LogP contribution >= 0.6 is 0 Å². The number of ether oxygens (including phenoxy) is 1. The van der Waals surface area contributed by atoms with Gasteiger partial charge in [0.2, 0.25) is 5.88 Å². The van der Waals surface area contributed by atoms with Gasteiger partial charge in [-0.2, -0.15) is 5.10 Å². The zero-order chi connectivity index (χ0) is 10.7. The normalized spacial score (nSPS) is 14.9. The molecule has 5 heteroatoms. The molecule has 0 saturated heterocycles. The minimum absolute atomic E-state index is 0.0358. The Labute approximate surface area is 88.2 Å². The van der Waals surface area contributed by atoms with E-state index in [2.05, 4.69) is 10.2 Å². The van der Waals surface area contributed by atoms with Gasteiger partial charge in [0, 0.05) is 0 Å². The lowest BCUT2D eigenvalue weighted by atomic mass is 10.3. The van der Waals surface area contributed by atoms with Gasteiger partial charge in [0.25, 0.3) is 0 Å². The smallest absolute Gasteiger partial charge is 0.244 e. The Morgan fingerprint density at radius 3 is 3.07 bits per heavy atom. The van der Waals surface area contributed by atoms with Gasteiger partial charge in [0.05, 0.1) is 18.4 Å². The van der Waals surface area contributed by atoms with E-state index in [1.165, 1.54) is 19.0 Å². The van der Waals surface area contributed by atoms with Gasteiger partial charge in [0.1, 0.15) is 5.84 Å². The van der Waals surface area contributed by atoms with Crippen molar-refractivity contribution in [3.05, 3.63) is 17.8 Å². The number of nitrogens with zero attached hydrogens (tertiary/aromatic N) is 2. The molecule has 1 fully saturated rings.